The minimum atomic E-state index is -0.376. The van der Waals surface area contributed by atoms with Crippen LogP contribution in [0.5, 0.6) is 0 Å². The van der Waals surface area contributed by atoms with Gasteiger partial charge in [0.15, 0.2) is 0 Å². The first-order valence-electron chi connectivity index (χ1n) is 3.59. The first-order valence-corrected chi connectivity index (χ1v) is 3.59. The summed E-state index contributed by atoms with van der Waals surface area (Å²) < 4.78 is 0. The second-order valence-electron chi connectivity index (χ2n) is 3.07. The van der Waals surface area contributed by atoms with Crippen molar-refractivity contribution in [3.05, 3.63) is 0 Å². The predicted molar refractivity (Wildman–Crippen MR) is 37.4 cm³/mol. The van der Waals surface area contributed by atoms with Crippen molar-refractivity contribution >= 4 is 5.91 Å². The van der Waals surface area contributed by atoms with E-state index in [9.17, 15) is 4.79 Å². The van der Waals surface area contributed by atoms with E-state index in [4.69, 9.17) is 5.11 Å². The quantitative estimate of drug-likeness (QED) is 0.566. The van der Waals surface area contributed by atoms with Crippen molar-refractivity contribution in [1.82, 2.24) is 5.32 Å². The lowest BCUT2D eigenvalue weighted by Crippen LogP contribution is -2.32. The van der Waals surface area contributed by atoms with Crippen molar-refractivity contribution < 1.29 is 9.90 Å². The molecule has 58 valence electrons. The summed E-state index contributed by atoms with van der Waals surface area (Å²) in [5, 5.41) is 11.6. The summed E-state index contributed by atoms with van der Waals surface area (Å²) in [6.45, 7) is 3.82. The average Bonchev–Trinajstić information content (AvgIpc) is 2.44. The third-order valence-electron chi connectivity index (χ3n) is 1.52. The van der Waals surface area contributed by atoms with E-state index in [1.165, 1.54) is 0 Å². The molecule has 3 nitrogen and oxygen atoms in total. The molecule has 2 atom stereocenters. The highest BCUT2D eigenvalue weighted by Crippen LogP contribution is 2.29. The average molecular weight is 143 g/mol. The first-order chi connectivity index (χ1) is 4.61. The molecule has 3 heteroatoms. The number of aliphatic hydroxyl groups is 1. The molecule has 1 rings (SSSR count). The standard InChI is InChI=1S/C7H13NO2/c1-4(2)8-7(10)5-3-6(5)9/h4-6,9H,3H2,1-2H3,(H,8,10). The van der Waals surface area contributed by atoms with E-state index in [2.05, 4.69) is 5.32 Å². The maximum absolute atomic E-state index is 11.0. The summed E-state index contributed by atoms with van der Waals surface area (Å²) in [5.41, 5.74) is 0. The van der Waals surface area contributed by atoms with Crippen LogP contribution < -0.4 is 5.32 Å². The minimum absolute atomic E-state index is 0.0116. The fraction of sp³-hybridized carbons (Fsp3) is 0.857. The van der Waals surface area contributed by atoms with E-state index in [1.807, 2.05) is 13.8 Å². The molecule has 0 radical (unpaired) electrons. The predicted octanol–water partition coefficient (Wildman–Crippen LogP) is -0.108. The van der Waals surface area contributed by atoms with Crippen LogP contribution in [0, 0.1) is 5.92 Å². The van der Waals surface area contributed by atoms with Gasteiger partial charge >= 0.3 is 0 Å². The summed E-state index contributed by atoms with van der Waals surface area (Å²) in [6, 6.07) is 0.181. The number of hydrogen-bond donors (Lipinski definition) is 2. The molecule has 1 saturated carbocycles. The van der Waals surface area contributed by atoms with Gasteiger partial charge in [-0.15, -0.1) is 0 Å². The van der Waals surface area contributed by atoms with E-state index < -0.39 is 0 Å². The number of amides is 1. The molecular formula is C7H13NO2. The molecule has 0 aromatic heterocycles. The third kappa shape index (κ3) is 1.70. The number of rotatable bonds is 2. The van der Waals surface area contributed by atoms with Crippen LogP contribution in [0.1, 0.15) is 20.3 Å². The lowest BCUT2D eigenvalue weighted by Gasteiger charge is -2.06. The molecule has 0 aliphatic heterocycles. The van der Waals surface area contributed by atoms with Crippen LogP contribution in [0.2, 0.25) is 0 Å². The van der Waals surface area contributed by atoms with E-state index in [-0.39, 0.29) is 24.0 Å². The summed E-state index contributed by atoms with van der Waals surface area (Å²) in [7, 11) is 0. The zero-order chi connectivity index (χ0) is 7.72. The Morgan fingerprint density at radius 3 is 2.50 bits per heavy atom. The van der Waals surface area contributed by atoms with Gasteiger partial charge in [-0.1, -0.05) is 0 Å². The second-order valence-corrected chi connectivity index (χ2v) is 3.07. The highest BCUT2D eigenvalue weighted by molar-refractivity contribution is 5.82. The fourth-order valence-corrected chi connectivity index (χ4v) is 0.855. The van der Waals surface area contributed by atoms with E-state index in [0.29, 0.717) is 6.42 Å². The molecule has 0 aromatic rings. The number of aliphatic hydroxyl groups excluding tert-OH is 1. The number of nitrogens with one attached hydrogen (secondary N) is 1. The summed E-state index contributed by atoms with van der Waals surface area (Å²) >= 11 is 0. The van der Waals surface area contributed by atoms with Crippen molar-refractivity contribution in [2.24, 2.45) is 5.92 Å². The Bertz CT molecular complexity index is 145. The molecule has 0 heterocycles. The van der Waals surface area contributed by atoms with E-state index >= 15 is 0 Å². The van der Waals surface area contributed by atoms with Crippen molar-refractivity contribution in [3.8, 4) is 0 Å². The lowest BCUT2D eigenvalue weighted by atomic mass is 10.3. The lowest BCUT2D eigenvalue weighted by molar-refractivity contribution is -0.123. The van der Waals surface area contributed by atoms with Crippen LogP contribution in [-0.4, -0.2) is 23.2 Å². The Morgan fingerprint density at radius 1 is 1.70 bits per heavy atom. The molecule has 0 aromatic carbocycles. The summed E-state index contributed by atoms with van der Waals surface area (Å²) in [6.07, 6.45) is 0.261. The first kappa shape index (κ1) is 7.54. The van der Waals surface area contributed by atoms with Crippen molar-refractivity contribution in [2.75, 3.05) is 0 Å². The van der Waals surface area contributed by atoms with Crippen molar-refractivity contribution in [1.29, 1.82) is 0 Å². The Balaban J connectivity index is 2.23. The third-order valence-corrected chi connectivity index (χ3v) is 1.52. The van der Waals surface area contributed by atoms with Gasteiger partial charge in [0.05, 0.1) is 12.0 Å². The van der Waals surface area contributed by atoms with Crippen molar-refractivity contribution in [3.63, 3.8) is 0 Å². The normalized spacial score (nSPS) is 30.4. The molecule has 1 aliphatic carbocycles. The number of carbonyl (C=O) groups excluding carboxylic acids is 1. The molecule has 2 unspecified atom stereocenters. The maximum Gasteiger partial charge on any atom is 0.226 e. The zero-order valence-corrected chi connectivity index (χ0v) is 6.29. The molecule has 0 saturated heterocycles. The largest absolute Gasteiger partial charge is 0.392 e. The van der Waals surface area contributed by atoms with Crippen LogP contribution in [0.15, 0.2) is 0 Å². The SMILES string of the molecule is CC(C)NC(=O)C1CC1O. The Morgan fingerprint density at radius 2 is 2.20 bits per heavy atom. The van der Waals surface area contributed by atoms with Gasteiger partial charge in [-0.05, 0) is 20.3 Å². The smallest absolute Gasteiger partial charge is 0.226 e. The van der Waals surface area contributed by atoms with E-state index in [1.54, 1.807) is 0 Å². The highest BCUT2D eigenvalue weighted by atomic mass is 16.3. The molecule has 0 bridgehead atoms. The zero-order valence-electron chi connectivity index (χ0n) is 6.29. The summed E-state index contributed by atoms with van der Waals surface area (Å²) in [5.74, 6) is -0.134. The van der Waals surface area contributed by atoms with Gasteiger partial charge in [0.2, 0.25) is 5.91 Å². The van der Waals surface area contributed by atoms with Crippen LogP contribution in [0.4, 0.5) is 0 Å². The molecular weight excluding hydrogens is 130 g/mol. The van der Waals surface area contributed by atoms with Crippen LogP contribution in [-0.2, 0) is 4.79 Å². The Hall–Kier alpha value is -0.570. The van der Waals surface area contributed by atoms with Gasteiger partial charge in [0, 0.05) is 6.04 Å². The van der Waals surface area contributed by atoms with Gasteiger partial charge in [-0.3, -0.25) is 4.79 Å². The molecule has 0 spiro atoms. The van der Waals surface area contributed by atoms with Crippen molar-refractivity contribution in [2.45, 2.75) is 32.4 Å². The van der Waals surface area contributed by atoms with Gasteiger partial charge in [0.25, 0.3) is 0 Å². The van der Waals surface area contributed by atoms with Gasteiger partial charge in [-0.2, -0.15) is 0 Å². The van der Waals surface area contributed by atoms with Crippen LogP contribution >= 0.6 is 0 Å². The molecule has 1 amide bonds. The number of carbonyl (C=O) groups is 1. The topological polar surface area (TPSA) is 49.3 Å². The highest BCUT2D eigenvalue weighted by Gasteiger charge is 2.41. The molecule has 1 fully saturated rings. The van der Waals surface area contributed by atoms with Crippen LogP contribution in [0.25, 0.3) is 0 Å². The monoisotopic (exact) mass is 143 g/mol. The van der Waals surface area contributed by atoms with Crippen LogP contribution in [0.3, 0.4) is 0 Å². The Labute approximate surface area is 60.4 Å². The molecule has 2 N–H and O–H groups in total. The van der Waals surface area contributed by atoms with Gasteiger partial charge < -0.3 is 10.4 Å². The van der Waals surface area contributed by atoms with Gasteiger partial charge in [0.1, 0.15) is 0 Å². The van der Waals surface area contributed by atoms with E-state index in [0.717, 1.165) is 0 Å². The molecule has 1 aliphatic rings. The minimum Gasteiger partial charge on any atom is -0.392 e. The fourth-order valence-electron chi connectivity index (χ4n) is 0.855. The molecule has 10 heavy (non-hydrogen) atoms. The number of hydrogen-bond acceptors (Lipinski definition) is 2. The maximum atomic E-state index is 11.0. The summed E-state index contributed by atoms with van der Waals surface area (Å²) in [4.78, 5) is 11.0. The second kappa shape index (κ2) is 2.58. The van der Waals surface area contributed by atoms with Gasteiger partial charge in [-0.25, -0.2) is 0 Å². The Kier molecular flexibility index (Phi) is 1.94.